The van der Waals surface area contributed by atoms with Crippen LogP contribution in [0.3, 0.4) is 0 Å². The highest BCUT2D eigenvalue weighted by molar-refractivity contribution is 5.90. The van der Waals surface area contributed by atoms with E-state index in [9.17, 15) is 28.3 Å². The number of halogens is 2. The molecular formula is C25H22F2N2O5. The first-order valence-electron chi connectivity index (χ1n) is 10.7. The van der Waals surface area contributed by atoms with Crippen molar-refractivity contribution in [2.75, 3.05) is 13.2 Å². The predicted molar refractivity (Wildman–Crippen MR) is 118 cm³/mol. The number of terminal acetylenes is 1. The van der Waals surface area contributed by atoms with Gasteiger partial charge in [-0.3, -0.25) is 4.79 Å². The lowest BCUT2D eigenvalue weighted by molar-refractivity contribution is -0.148. The van der Waals surface area contributed by atoms with Gasteiger partial charge in [0, 0.05) is 18.8 Å². The third-order valence-electron chi connectivity index (χ3n) is 6.09. The van der Waals surface area contributed by atoms with Gasteiger partial charge in [-0.1, -0.05) is 48.5 Å². The number of ether oxygens (including phenoxy) is 1. The van der Waals surface area contributed by atoms with E-state index in [0.717, 1.165) is 22.3 Å². The molecule has 9 heteroatoms. The van der Waals surface area contributed by atoms with Gasteiger partial charge in [-0.15, -0.1) is 12.3 Å². The third-order valence-corrected chi connectivity index (χ3v) is 6.09. The van der Waals surface area contributed by atoms with Crippen molar-refractivity contribution in [1.29, 1.82) is 0 Å². The number of likely N-dealkylation sites (tertiary alicyclic amines) is 1. The molecule has 7 nitrogen and oxygen atoms in total. The van der Waals surface area contributed by atoms with E-state index in [1.165, 1.54) is 0 Å². The SMILES string of the molecule is C#CCC(NC(=O)OCC1c2ccccc2-c2ccccc21)C(=O)N1CC(F)(F)CC1C(=O)O. The molecule has 0 bridgehead atoms. The van der Waals surface area contributed by atoms with Crippen molar-refractivity contribution in [3.05, 3.63) is 59.7 Å². The van der Waals surface area contributed by atoms with Gasteiger partial charge in [0.05, 0.1) is 6.54 Å². The fourth-order valence-electron chi connectivity index (χ4n) is 4.57. The summed E-state index contributed by atoms with van der Waals surface area (Å²) in [5.41, 5.74) is 4.08. The number of carbonyl (C=O) groups is 3. The second kappa shape index (κ2) is 9.14. The molecule has 0 radical (unpaired) electrons. The van der Waals surface area contributed by atoms with E-state index < -0.39 is 48.9 Å². The maximum atomic E-state index is 13.8. The van der Waals surface area contributed by atoms with Crippen LogP contribution in [0.25, 0.3) is 11.1 Å². The number of hydrogen-bond donors (Lipinski definition) is 2. The first-order valence-corrected chi connectivity index (χ1v) is 10.7. The first-order chi connectivity index (χ1) is 16.2. The van der Waals surface area contributed by atoms with Crippen LogP contribution in [0.4, 0.5) is 13.6 Å². The smallest absolute Gasteiger partial charge is 0.407 e. The van der Waals surface area contributed by atoms with Crippen LogP contribution >= 0.6 is 0 Å². The fourth-order valence-corrected chi connectivity index (χ4v) is 4.57. The molecule has 2 aromatic carbocycles. The molecule has 34 heavy (non-hydrogen) atoms. The minimum Gasteiger partial charge on any atom is -0.480 e. The van der Waals surface area contributed by atoms with Gasteiger partial charge in [0.25, 0.3) is 5.92 Å². The van der Waals surface area contributed by atoms with E-state index in [4.69, 9.17) is 11.2 Å². The van der Waals surface area contributed by atoms with E-state index in [2.05, 4.69) is 11.2 Å². The van der Waals surface area contributed by atoms with Gasteiger partial charge in [0.2, 0.25) is 5.91 Å². The number of benzene rings is 2. The van der Waals surface area contributed by atoms with E-state index in [-0.39, 0.29) is 18.9 Å². The summed E-state index contributed by atoms with van der Waals surface area (Å²) >= 11 is 0. The minimum atomic E-state index is -3.34. The quantitative estimate of drug-likeness (QED) is 0.635. The van der Waals surface area contributed by atoms with Gasteiger partial charge >= 0.3 is 12.1 Å². The summed E-state index contributed by atoms with van der Waals surface area (Å²) in [6, 6.07) is 12.4. The fraction of sp³-hybridized carbons (Fsp3) is 0.320. The Morgan fingerprint density at radius 3 is 2.29 bits per heavy atom. The molecule has 2 unspecified atom stereocenters. The zero-order chi connectivity index (χ0) is 24.5. The maximum Gasteiger partial charge on any atom is 0.407 e. The molecule has 1 aliphatic carbocycles. The molecule has 2 N–H and O–H groups in total. The Kier molecular flexibility index (Phi) is 6.24. The van der Waals surface area contributed by atoms with Crippen molar-refractivity contribution in [3.63, 3.8) is 0 Å². The summed E-state index contributed by atoms with van der Waals surface area (Å²) in [7, 11) is 0. The topological polar surface area (TPSA) is 95.9 Å². The van der Waals surface area contributed by atoms with Crippen molar-refractivity contribution in [2.45, 2.75) is 36.8 Å². The third kappa shape index (κ3) is 4.44. The number of alkyl carbamates (subject to hydrolysis) is 1. The van der Waals surface area contributed by atoms with Crippen molar-refractivity contribution < 1.29 is 33.0 Å². The largest absolute Gasteiger partial charge is 0.480 e. The van der Waals surface area contributed by atoms with Crippen molar-refractivity contribution in [2.24, 2.45) is 0 Å². The molecule has 4 rings (SSSR count). The van der Waals surface area contributed by atoms with Crippen molar-refractivity contribution in [3.8, 4) is 23.5 Å². The number of alkyl halides is 2. The zero-order valence-electron chi connectivity index (χ0n) is 18.0. The van der Waals surface area contributed by atoms with E-state index in [1.54, 1.807) is 0 Å². The molecule has 2 amide bonds. The van der Waals surface area contributed by atoms with Gasteiger partial charge < -0.3 is 20.1 Å². The van der Waals surface area contributed by atoms with Crippen molar-refractivity contribution in [1.82, 2.24) is 10.2 Å². The molecular weight excluding hydrogens is 446 g/mol. The Balaban J connectivity index is 1.45. The molecule has 0 spiro atoms. The average Bonchev–Trinajstić information content (AvgIpc) is 3.31. The Morgan fingerprint density at radius 2 is 1.74 bits per heavy atom. The molecule has 2 aromatic rings. The van der Waals surface area contributed by atoms with Gasteiger partial charge in [0.15, 0.2) is 0 Å². The minimum absolute atomic E-state index is 0.0175. The zero-order valence-corrected chi connectivity index (χ0v) is 18.0. The highest BCUT2D eigenvalue weighted by Gasteiger charge is 2.51. The molecule has 1 fully saturated rings. The molecule has 0 aromatic heterocycles. The highest BCUT2D eigenvalue weighted by atomic mass is 19.3. The van der Waals surface area contributed by atoms with Crippen LogP contribution < -0.4 is 5.32 Å². The van der Waals surface area contributed by atoms with Crippen LogP contribution in [-0.2, 0) is 14.3 Å². The normalized spacial score (nSPS) is 19.0. The second-order valence-electron chi connectivity index (χ2n) is 8.31. The number of nitrogens with one attached hydrogen (secondary N) is 1. The molecule has 1 heterocycles. The average molecular weight is 468 g/mol. The number of hydrogen-bond acceptors (Lipinski definition) is 4. The molecule has 1 saturated heterocycles. The van der Waals surface area contributed by atoms with Gasteiger partial charge in [-0.2, -0.15) is 0 Å². The number of fused-ring (bicyclic) bond motifs is 3. The monoisotopic (exact) mass is 468 g/mol. The van der Waals surface area contributed by atoms with E-state index in [0.29, 0.717) is 4.90 Å². The van der Waals surface area contributed by atoms with Crippen LogP contribution in [0.2, 0.25) is 0 Å². The molecule has 176 valence electrons. The summed E-state index contributed by atoms with van der Waals surface area (Å²) in [6.45, 7) is -1.08. The lowest BCUT2D eigenvalue weighted by Gasteiger charge is -2.26. The molecule has 1 aliphatic heterocycles. The number of nitrogens with zero attached hydrogens (tertiary/aromatic N) is 1. The number of aliphatic carboxylic acids is 1. The van der Waals surface area contributed by atoms with Crippen LogP contribution in [-0.4, -0.2) is 59.1 Å². The number of carboxylic acids is 1. The number of carboxylic acid groups (broad SMARTS) is 1. The standard InChI is InChI=1S/C25H22F2N2O5/c1-2-7-20(22(30)29-14-25(26,27)12-21(29)23(31)32)28-24(33)34-13-19-17-10-5-3-8-15(17)16-9-4-6-11-18(16)19/h1,3-6,8-11,19-21H,7,12-14H2,(H,28,33)(H,31,32). The van der Waals surface area contributed by atoms with Gasteiger partial charge in [0.1, 0.15) is 18.7 Å². The van der Waals surface area contributed by atoms with Gasteiger partial charge in [-0.05, 0) is 22.3 Å². The lowest BCUT2D eigenvalue weighted by atomic mass is 9.98. The molecule has 2 aliphatic rings. The predicted octanol–water partition coefficient (Wildman–Crippen LogP) is 3.24. The summed E-state index contributed by atoms with van der Waals surface area (Å²) in [6.07, 6.45) is 3.03. The van der Waals surface area contributed by atoms with E-state index >= 15 is 0 Å². The summed E-state index contributed by atoms with van der Waals surface area (Å²) in [5.74, 6) is -3.89. The maximum absolute atomic E-state index is 13.8. The molecule has 0 saturated carbocycles. The Labute approximate surface area is 194 Å². The van der Waals surface area contributed by atoms with Crippen LogP contribution in [0.5, 0.6) is 0 Å². The lowest BCUT2D eigenvalue weighted by Crippen LogP contribution is -2.52. The number of carbonyl (C=O) groups excluding carboxylic acids is 2. The van der Waals surface area contributed by atoms with Crippen LogP contribution in [0.15, 0.2) is 48.5 Å². The van der Waals surface area contributed by atoms with Crippen LogP contribution in [0, 0.1) is 12.3 Å². The summed E-state index contributed by atoms with van der Waals surface area (Å²) < 4.78 is 33.0. The van der Waals surface area contributed by atoms with Crippen LogP contribution in [0.1, 0.15) is 29.9 Å². The summed E-state index contributed by atoms with van der Waals surface area (Å²) in [4.78, 5) is 37.3. The highest BCUT2D eigenvalue weighted by Crippen LogP contribution is 2.44. The first kappa shape index (κ1) is 23.2. The van der Waals surface area contributed by atoms with Gasteiger partial charge in [-0.25, -0.2) is 18.4 Å². The summed E-state index contributed by atoms with van der Waals surface area (Å²) in [5, 5.41) is 11.6. The Bertz CT molecular complexity index is 1130. The number of amides is 2. The van der Waals surface area contributed by atoms with Crippen molar-refractivity contribution >= 4 is 18.0 Å². The second-order valence-corrected chi connectivity index (χ2v) is 8.31. The Hall–Kier alpha value is -3.93. The number of rotatable bonds is 6. The Morgan fingerprint density at radius 1 is 1.15 bits per heavy atom. The van der Waals surface area contributed by atoms with E-state index in [1.807, 2.05) is 48.5 Å². The molecule has 2 atom stereocenters.